The molecule has 2 aromatic rings. The van der Waals surface area contributed by atoms with Crippen LogP contribution in [0.3, 0.4) is 0 Å². The minimum Gasteiger partial charge on any atom is -0.438 e. The number of rotatable bonds is 4. The summed E-state index contributed by atoms with van der Waals surface area (Å²) in [5, 5.41) is 3.12. The first-order valence-electron chi connectivity index (χ1n) is 5.28. The third-order valence-corrected chi connectivity index (χ3v) is 2.77. The van der Waals surface area contributed by atoms with E-state index >= 15 is 0 Å². The van der Waals surface area contributed by atoms with Crippen molar-refractivity contribution in [2.75, 3.05) is 11.9 Å². The van der Waals surface area contributed by atoms with Crippen molar-refractivity contribution in [3.05, 3.63) is 41.1 Å². The fraction of sp³-hybridized carbons (Fsp3) is 0.167. The standard InChI is InChI=1S/C12H12BrN3O/c1-2-14-11-10(13)12(16-8-15-11)17-9-6-4-3-5-7-9/h3-8H,2H2,1H3,(H,14,15,16). The smallest absolute Gasteiger partial charge is 0.238 e. The van der Waals surface area contributed by atoms with Crippen molar-refractivity contribution in [1.82, 2.24) is 9.97 Å². The third-order valence-electron chi connectivity index (χ3n) is 2.06. The number of benzene rings is 1. The SMILES string of the molecule is CCNc1ncnc(Oc2ccccc2)c1Br. The molecule has 1 N–H and O–H groups in total. The molecule has 2 rings (SSSR count). The second kappa shape index (κ2) is 5.63. The number of nitrogens with zero attached hydrogens (tertiary/aromatic N) is 2. The van der Waals surface area contributed by atoms with E-state index in [2.05, 4.69) is 31.2 Å². The highest BCUT2D eigenvalue weighted by Crippen LogP contribution is 2.31. The summed E-state index contributed by atoms with van der Waals surface area (Å²) in [6.07, 6.45) is 1.47. The van der Waals surface area contributed by atoms with Crippen LogP contribution in [0.1, 0.15) is 6.92 Å². The lowest BCUT2D eigenvalue weighted by Crippen LogP contribution is -2.02. The van der Waals surface area contributed by atoms with Gasteiger partial charge in [0.1, 0.15) is 22.4 Å². The molecule has 0 unspecified atom stereocenters. The minimum absolute atomic E-state index is 0.502. The third kappa shape index (κ3) is 2.94. The molecule has 0 aliphatic carbocycles. The van der Waals surface area contributed by atoms with Gasteiger partial charge in [0, 0.05) is 6.54 Å². The number of para-hydroxylation sites is 1. The van der Waals surface area contributed by atoms with Gasteiger partial charge in [-0.25, -0.2) is 9.97 Å². The molecule has 4 nitrogen and oxygen atoms in total. The van der Waals surface area contributed by atoms with Crippen molar-refractivity contribution in [3.8, 4) is 11.6 Å². The molecule has 0 bridgehead atoms. The Morgan fingerprint density at radius 2 is 2.00 bits per heavy atom. The molecule has 0 fully saturated rings. The van der Waals surface area contributed by atoms with Crippen molar-refractivity contribution in [1.29, 1.82) is 0 Å². The molecule has 88 valence electrons. The summed E-state index contributed by atoms with van der Waals surface area (Å²) in [4.78, 5) is 8.22. The largest absolute Gasteiger partial charge is 0.438 e. The molecule has 0 spiro atoms. The maximum atomic E-state index is 5.66. The average molecular weight is 294 g/mol. The van der Waals surface area contributed by atoms with Crippen LogP contribution >= 0.6 is 15.9 Å². The van der Waals surface area contributed by atoms with Crippen molar-refractivity contribution in [2.24, 2.45) is 0 Å². The van der Waals surface area contributed by atoms with E-state index in [0.29, 0.717) is 5.88 Å². The van der Waals surface area contributed by atoms with Crippen LogP contribution in [-0.4, -0.2) is 16.5 Å². The van der Waals surface area contributed by atoms with E-state index < -0.39 is 0 Å². The molecule has 0 atom stereocenters. The van der Waals surface area contributed by atoms with Crippen LogP contribution in [0.4, 0.5) is 5.82 Å². The number of ether oxygens (including phenoxy) is 1. The fourth-order valence-electron chi connectivity index (χ4n) is 1.32. The zero-order valence-electron chi connectivity index (χ0n) is 9.35. The van der Waals surface area contributed by atoms with Crippen molar-refractivity contribution in [3.63, 3.8) is 0 Å². The predicted octanol–water partition coefficient (Wildman–Crippen LogP) is 3.46. The number of hydrogen-bond acceptors (Lipinski definition) is 4. The number of nitrogens with one attached hydrogen (secondary N) is 1. The lowest BCUT2D eigenvalue weighted by molar-refractivity contribution is 0.458. The molecule has 5 heteroatoms. The Morgan fingerprint density at radius 1 is 1.24 bits per heavy atom. The maximum absolute atomic E-state index is 5.66. The van der Waals surface area contributed by atoms with Gasteiger partial charge in [-0.1, -0.05) is 18.2 Å². The Hall–Kier alpha value is -1.62. The van der Waals surface area contributed by atoms with Gasteiger partial charge in [-0.3, -0.25) is 0 Å². The van der Waals surface area contributed by atoms with Gasteiger partial charge in [-0.15, -0.1) is 0 Å². The summed E-state index contributed by atoms with van der Waals surface area (Å²) in [5.41, 5.74) is 0. The van der Waals surface area contributed by atoms with Gasteiger partial charge in [0.15, 0.2) is 0 Å². The fourth-order valence-corrected chi connectivity index (χ4v) is 1.74. The maximum Gasteiger partial charge on any atom is 0.238 e. The molecule has 0 saturated heterocycles. The Bertz CT molecular complexity index is 490. The van der Waals surface area contributed by atoms with Crippen LogP contribution in [0, 0.1) is 0 Å². The first-order valence-corrected chi connectivity index (χ1v) is 6.08. The van der Waals surface area contributed by atoms with Crippen LogP contribution in [0.25, 0.3) is 0 Å². The quantitative estimate of drug-likeness (QED) is 0.938. The van der Waals surface area contributed by atoms with Gasteiger partial charge in [0.05, 0.1) is 0 Å². The first kappa shape index (κ1) is 11.9. The second-order valence-corrected chi connectivity index (χ2v) is 4.08. The molecule has 0 radical (unpaired) electrons. The summed E-state index contributed by atoms with van der Waals surface area (Å²) in [6, 6.07) is 9.51. The summed E-state index contributed by atoms with van der Waals surface area (Å²) in [5.74, 6) is 1.98. The lowest BCUT2D eigenvalue weighted by Gasteiger charge is -2.09. The monoisotopic (exact) mass is 293 g/mol. The van der Waals surface area contributed by atoms with Crippen LogP contribution in [0.15, 0.2) is 41.1 Å². The summed E-state index contributed by atoms with van der Waals surface area (Å²) in [7, 11) is 0. The molecule has 17 heavy (non-hydrogen) atoms. The Balaban J connectivity index is 2.24. The average Bonchev–Trinajstić information content (AvgIpc) is 2.36. The summed E-state index contributed by atoms with van der Waals surface area (Å²) in [6.45, 7) is 2.80. The van der Waals surface area contributed by atoms with Crippen LogP contribution in [0.2, 0.25) is 0 Å². The van der Waals surface area contributed by atoms with Gasteiger partial charge in [-0.2, -0.15) is 0 Å². The van der Waals surface area contributed by atoms with Crippen molar-refractivity contribution < 1.29 is 4.74 Å². The van der Waals surface area contributed by atoms with E-state index in [-0.39, 0.29) is 0 Å². The van der Waals surface area contributed by atoms with Crippen LogP contribution in [-0.2, 0) is 0 Å². The zero-order chi connectivity index (χ0) is 12.1. The summed E-state index contributed by atoms with van der Waals surface area (Å²) >= 11 is 3.43. The van der Waals surface area contributed by atoms with Gasteiger partial charge >= 0.3 is 0 Å². The highest BCUT2D eigenvalue weighted by atomic mass is 79.9. The normalized spacial score (nSPS) is 10.0. The Morgan fingerprint density at radius 3 is 2.71 bits per heavy atom. The van der Waals surface area contributed by atoms with Crippen molar-refractivity contribution in [2.45, 2.75) is 6.92 Å². The molecule has 0 amide bonds. The molecule has 0 saturated carbocycles. The van der Waals surface area contributed by atoms with E-state index in [0.717, 1.165) is 22.6 Å². The molecular formula is C12H12BrN3O. The van der Waals surface area contributed by atoms with Gasteiger partial charge in [0.2, 0.25) is 5.88 Å². The van der Waals surface area contributed by atoms with Gasteiger partial charge in [-0.05, 0) is 35.0 Å². The zero-order valence-corrected chi connectivity index (χ0v) is 10.9. The number of hydrogen-bond donors (Lipinski definition) is 1. The molecule has 0 aliphatic heterocycles. The lowest BCUT2D eigenvalue weighted by atomic mass is 10.3. The molecule has 1 aromatic heterocycles. The van der Waals surface area contributed by atoms with Gasteiger partial charge in [0.25, 0.3) is 0 Å². The van der Waals surface area contributed by atoms with E-state index in [1.165, 1.54) is 6.33 Å². The van der Waals surface area contributed by atoms with E-state index in [4.69, 9.17) is 4.74 Å². The highest BCUT2D eigenvalue weighted by molar-refractivity contribution is 9.10. The predicted molar refractivity (Wildman–Crippen MR) is 70.4 cm³/mol. The van der Waals surface area contributed by atoms with Gasteiger partial charge < -0.3 is 10.1 Å². The Labute approximate surface area is 108 Å². The van der Waals surface area contributed by atoms with Crippen LogP contribution < -0.4 is 10.1 Å². The number of aromatic nitrogens is 2. The second-order valence-electron chi connectivity index (χ2n) is 3.29. The minimum atomic E-state index is 0.502. The number of halogens is 1. The molecule has 1 aromatic carbocycles. The Kier molecular flexibility index (Phi) is 3.93. The number of anilines is 1. The highest BCUT2D eigenvalue weighted by Gasteiger charge is 2.09. The molecule has 0 aliphatic rings. The molecule has 1 heterocycles. The van der Waals surface area contributed by atoms with E-state index in [1.54, 1.807) is 0 Å². The topological polar surface area (TPSA) is 47.0 Å². The molecular weight excluding hydrogens is 282 g/mol. The van der Waals surface area contributed by atoms with Crippen LogP contribution in [0.5, 0.6) is 11.6 Å². The van der Waals surface area contributed by atoms with E-state index in [9.17, 15) is 0 Å². The first-order chi connectivity index (χ1) is 8.31. The van der Waals surface area contributed by atoms with Crippen molar-refractivity contribution >= 4 is 21.7 Å². The summed E-state index contributed by atoms with van der Waals surface area (Å²) < 4.78 is 6.39. The van der Waals surface area contributed by atoms with E-state index in [1.807, 2.05) is 37.3 Å².